The smallest absolute Gasteiger partial charge is 0.410 e. The van der Waals surface area contributed by atoms with E-state index in [1.54, 1.807) is 9.58 Å². The molecule has 1 aliphatic heterocycles. The van der Waals surface area contributed by atoms with Crippen molar-refractivity contribution in [3.63, 3.8) is 0 Å². The summed E-state index contributed by atoms with van der Waals surface area (Å²) in [6.07, 6.45) is 2.97. The zero-order valence-corrected chi connectivity index (χ0v) is 22.9. The molecule has 1 fully saturated rings. The van der Waals surface area contributed by atoms with Gasteiger partial charge in [-0.2, -0.15) is 5.10 Å². The van der Waals surface area contributed by atoms with Crippen LogP contribution in [0.1, 0.15) is 68.2 Å². The number of benzene rings is 2. The molecule has 0 unspecified atom stereocenters. The Labute approximate surface area is 229 Å². The van der Waals surface area contributed by atoms with Gasteiger partial charge in [-0.05, 0) is 69.4 Å². The molecule has 0 saturated carbocycles. The van der Waals surface area contributed by atoms with Crippen LogP contribution in [0.4, 0.5) is 10.5 Å². The van der Waals surface area contributed by atoms with Gasteiger partial charge in [-0.15, -0.1) is 0 Å². The van der Waals surface area contributed by atoms with Crippen molar-refractivity contribution in [1.82, 2.24) is 14.7 Å². The molecule has 2 aromatic carbocycles. The molecule has 1 saturated heterocycles. The fraction of sp³-hybridized carbons (Fsp3) is 0.419. The summed E-state index contributed by atoms with van der Waals surface area (Å²) in [5, 5.41) is 4.79. The topological polar surface area (TPSA) is 78.0 Å². The van der Waals surface area contributed by atoms with Gasteiger partial charge in [0.15, 0.2) is 5.78 Å². The van der Waals surface area contributed by atoms with E-state index in [-0.39, 0.29) is 35.4 Å². The number of carbonyl (C=O) groups excluding carboxylic acids is 2. The van der Waals surface area contributed by atoms with Crippen LogP contribution in [0, 0.1) is 6.57 Å². The van der Waals surface area contributed by atoms with Crippen LogP contribution in [-0.2, 0) is 17.6 Å². The SMILES string of the molecule is [C-]#[N+]c1c(-c2ccc(OC3Cc4ccccc4C3)cc2)nn([C@@H]2CCCN(C(=O)OC(C)(C)C)C2)c1C(C)=O. The number of hydrogen-bond acceptors (Lipinski definition) is 5. The number of aromatic nitrogens is 2. The molecule has 0 N–H and O–H groups in total. The predicted molar refractivity (Wildman–Crippen MR) is 148 cm³/mol. The highest BCUT2D eigenvalue weighted by molar-refractivity contribution is 6.01. The van der Waals surface area contributed by atoms with Gasteiger partial charge < -0.3 is 14.4 Å². The van der Waals surface area contributed by atoms with Crippen molar-refractivity contribution in [2.45, 2.75) is 71.1 Å². The van der Waals surface area contributed by atoms with Gasteiger partial charge in [-0.1, -0.05) is 36.4 Å². The summed E-state index contributed by atoms with van der Waals surface area (Å²) >= 11 is 0. The highest BCUT2D eigenvalue weighted by Crippen LogP contribution is 2.37. The van der Waals surface area contributed by atoms with E-state index in [0.717, 1.165) is 37.0 Å². The van der Waals surface area contributed by atoms with Gasteiger partial charge in [0, 0.05) is 25.9 Å². The van der Waals surface area contributed by atoms with Gasteiger partial charge in [0.2, 0.25) is 5.69 Å². The number of nitrogens with zero attached hydrogens (tertiary/aromatic N) is 4. The zero-order valence-electron chi connectivity index (χ0n) is 22.9. The number of Topliss-reactive ketones (excluding diaryl/α,β-unsaturated/α-hetero) is 1. The first-order chi connectivity index (χ1) is 18.6. The summed E-state index contributed by atoms with van der Waals surface area (Å²) in [7, 11) is 0. The highest BCUT2D eigenvalue weighted by Gasteiger charge is 2.33. The molecule has 1 atom stereocenters. The van der Waals surface area contributed by atoms with E-state index in [0.29, 0.717) is 18.8 Å². The molecule has 2 aliphatic rings. The third-order valence-electron chi connectivity index (χ3n) is 7.17. The minimum absolute atomic E-state index is 0.0924. The average molecular weight is 527 g/mol. The van der Waals surface area contributed by atoms with E-state index in [9.17, 15) is 9.59 Å². The normalized spacial score (nSPS) is 17.4. The fourth-order valence-electron chi connectivity index (χ4n) is 5.45. The molecule has 0 radical (unpaired) electrons. The van der Waals surface area contributed by atoms with E-state index >= 15 is 0 Å². The summed E-state index contributed by atoms with van der Waals surface area (Å²) in [5.74, 6) is 0.530. The quantitative estimate of drug-likeness (QED) is 0.283. The van der Waals surface area contributed by atoms with Crippen LogP contribution in [0.15, 0.2) is 48.5 Å². The molecule has 1 aromatic heterocycles. The Morgan fingerprint density at radius 3 is 2.31 bits per heavy atom. The monoisotopic (exact) mass is 526 g/mol. The summed E-state index contributed by atoms with van der Waals surface area (Å²) in [5.41, 5.74) is 3.78. The van der Waals surface area contributed by atoms with E-state index in [4.69, 9.17) is 21.1 Å². The van der Waals surface area contributed by atoms with Crippen LogP contribution in [0.25, 0.3) is 16.1 Å². The molecule has 8 heteroatoms. The van der Waals surface area contributed by atoms with Crippen molar-refractivity contribution >= 4 is 17.6 Å². The fourth-order valence-corrected chi connectivity index (χ4v) is 5.45. The van der Waals surface area contributed by atoms with Crippen molar-refractivity contribution in [2.75, 3.05) is 13.1 Å². The molecule has 1 amide bonds. The maximum absolute atomic E-state index is 12.7. The van der Waals surface area contributed by atoms with Gasteiger partial charge in [-0.25, -0.2) is 9.64 Å². The lowest BCUT2D eigenvalue weighted by molar-refractivity contribution is 0.0167. The third kappa shape index (κ3) is 5.68. The number of piperidine rings is 1. The second kappa shape index (κ2) is 10.6. The number of ether oxygens (including phenoxy) is 2. The van der Waals surface area contributed by atoms with Crippen LogP contribution in [0.2, 0.25) is 0 Å². The molecule has 8 nitrogen and oxygen atoms in total. The third-order valence-corrected chi connectivity index (χ3v) is 7.17. The second-order valence-corrected chi connectivity index (χ2v) is 11.3. The average Bonchev–Trinajstić information content (AvgIpc) is 3.49. The second-order valence-electron chi connectivity index (χ2n) is 11.3. The van der Waals surface area contributed by atoms with Crippen molar-refractivity contribution in [3.8, 4) is 17.0 Å². The lowest BCUT2D eigenvalue weighted by atomic mass is 10.1. The highest BCUT2D eigenvalue weighted by atomic mass is 16.6. The Kier molecular flexibility index (Phi) is 7.17. The largest absolute Gasteiger partial charge is 0.490 e. The van der Waals surface area contributed by atoms with Crippen LogP contribution >= 0.6 is 0 Å². The summed E-state index contributed by atoms with van der Waals surface area (Å²) in [6.45, 7) is 15.8. The first kappa shape index (κ1) is 26.5. The van der Waals surface area contributed by atoms with Crippen LogP contribution in [-0.4, -0.2) is 51.4 Å². The molecule has 39 heavy (non-hydrogen) atoms. The lowest BCUT2D eigenvalue weighted by Crippen LogP contribution is -2.43. The first-order valence-corrected chi connectivity index (χ1v) is 13.5. The Bertz CT molecular complexity index is 1400. The van der Waals surface area contributed by atoms with Crippen molar-refractivity contribution in [2.24, 2.45) is 0 Å². The first-order valence-electron chi connectivity index (χ1n) is 13.5. The summed E-state index contributed by atoms with van der Waals surface area (Å²) in [4.78, 5) is 30.9. The number of rotatable bonds is 5. The van der Waals surface area contributed by atoms with Crippen LogP contribution in [0.5, 0.6) is 5.75 Å². The van der Waals surface area contributed by atoms with Gasteiger partial charge in [0.1, 0.15) is 23.1 Å². The molecular formula is C31H34N4O4. The Balaban J connectivity index is 1.37. The van der Waals surface area contributed by atoms with E-state index < -0.39 is 5.60 Å². The number of ketones is 1. The molecule has 3 aromatic rings. The molecule has 0 bridgehead atoms. The van der Waals surface area contributed by atoms with Crippen molar-refractivity contribution in [3.05, 3.63) is 76.8 Å². The Morgan fingerprint density at radius 2 is 1.72 bits per heavy atom. The molecule has 1 aliphatic carbocycles. The van der Waals surface area contributed by atoms with Gasteiger partial charge in [0.05, 0.1) is 18.3 Å². The number of carbonyl (C=O) groups is 2. The maximum atomic E-state index is 12.7. The van der Waals surface area contributed by atoms with Gasteiger partial charge in [-0.3, -0.25) is 9.48 Å². The Morgan fingerprint density at radius 1 is 1.05 bits per heavy atom. The van der Waals surface area contributed by atoms with Crippen LogP contribution < -0.4 is 4.74 Å². The summed E-state index contributed by atoms with van der Waals surface area (Å²) < 4.78 is 13.5. The molecule has 5 rings (SSSR count). The molecule has 202 valence electrons. The van der Waals surface area contributed by atoms with Gasteiger partial charge in [0.25, 0.3) is 0 Å². The standard InChI is InChI=1S/C31H34N4O4/c1-20(36)29-28(32-5)27(33-35(29)24-11-8-16-34(19-24)30(37)39-31(2,3)4)21-12-14-25(15-13-21)38-26-17-22-9-6-7-10-23(22)18-26/h6-7,9-10,12-15,24,26H,8,11,16-19H2,1-4H3/t24-/m1/s1. The number of fused-ring (bicyclic) bond motifs is 1. The molecular weight excluding hydrogens is 492 g/mol. The van der Waals surface area contributed by atoms with Crippen molar-refractivity contribution < 1.29 is 19.1 Å². The number of likely N-dealkylation sites (tertiary alicyclic amines) is 1. The maximum Gasteiger partial charge on any atom is 0.410 e. The Hall–Kier alpha value is -4.12. The predicted octanol–water partition coefficient (Wildman–Crippen LogP) is 6.42. The molecule has 2 heterocycles. The summed E-state index contributed by atoms with van der Waals surface area (Å²) in [6, 6.07) is 15.7. The number of amides is 1. The molecule has 0 spiro atoms. The van der Waals surface area contributed by atoms with E-state index in [2.05, 4.69) is 29.1 Å². The van der Waals surface area contributed by atoms with E-state index in [1.165, 1.54) is 18.1 Å². The van der Waals surface area contributed by atoms with E-state index in [1.807, 2.05) is 45.0 Å². The van der Waals surface area contributed by atoms with Gasteiger partial charge >= 0.3 is 6.09 Å². The minimum atomic E-state index is -0.595. The lowest BCUT2D eigenvalue weighted by Gasteiger charge is -2.34. The van der Waals surface area contributed by atoms with Crippen LogP contribution in [0.3, 0.4) is 0 Å². The number of hydrogen-bond donors (Lipinski definition) is 0. The minimum Gasteiger partial charge on any atom is -0.490 e. The van der Waals surface area contributed by atoms with Crippen molar-refractivity contribution in [1.29, 1.82) is 0 Å². The zero-order chi connectivity index (χ0) is 27.7.